The van der Waals surface area contributed by atoms with Gasteiger partial charge in [-0.25, -0.2) is 18.6 Å². The van der Waals surface area contributed by atoms with Gasteiger partial charge in [-0.2, -0.15) is 0 Å². The van der Waals surface area contributed by atoms with Crippen LogP contribution in [-0.4, -0.2) is 29.0 Å². The molecule has 1 aliphatic rings. The third kappa shape index (κ3) is 4.30. The van der Waals surface area contributed by atoms with Crippen LogP contribution in [0.3, 0.4) is 0 Å². The molecule has 2 aromatic carbocycles. The maximum atomic E-state index is 14.3. The molecule has 4 rings (SSSR count). The Morgan fingerprint density at radius 1 is 1.19 bits per heavy atom. The predicted molar refractivity (Wildman–Crippen MR) is 121 cm³/mol. The van der Waals surface area contributed by atoms with Crippen LogP contribution in [0.4, 0.5) is 18.7 Å². The lowest BCUT2D eigenvalue weighted by Gasteiger charge is -2.38. The summed E-state index contributed by atoms with van der Waals surface area (Å²) in [6.07, 6.45) is 0.804. The topological polar surface area (TPSA) is 62.5 Å². The molecule has 1 unspecified atom stereocenters. The van der Waals surface area contributed by atoms with Gasteiger partial charge in [-0.1, -0.05) is 29.5 Å². The zero-order valence-electron chi connectivity index (χ0n) is 17.1. The monoisotopic (exact) mass is 460 g/mol. The molecule has 1 fully saturated rings. The molecule has 0 bridgehead atoms. The Bertz CT molecular complexity index is 1120. The molecule has 2 amide bonds. The largest absolute Gasteiger partial charge is 0.326 e. The van der Waals surface area contributed by atoms with Gasteiger partial charge in [0.1, 0.15) is 11.6 Å². The first-order chi connectivity index (χ1) is 14.9. The standard InChI is InChI=1S/C22H22F2N4OS2/c1-13-20(31-25)30-21(26-13)28-10-4-9-27(22(28)29)14(2)15-5-3-6-16(11-15)18-12-17(23)7-8-19(18)24/h3,5-8,11-12,14H,4,9-10,25H2,1-2H3. The number of urea groups is 1. The minimum absolute atomic E-state index is 0.122. The van der Waals surface area contributed by atoms with E-state index >= 15 is 0 Å². The van der Waals surface area contributed by atoms with Gasteiger partial charge in [0.2, 0.25) is 0 Å². The fraction of sp³-hybridized carbons (Fsp3) is 0.273. The summed E-state index contributed by atoms with van der Waals surface area (Å²) >= 11 is 2.54. The number of aromatic nitrogens is 1. The van der Waals surface area contributed by atoms with Gasteiger partial charge in [0.15, 0.2) is 5.13 Å². The lowest BCUT2D eigenvalue weighted by atomic mass is 9.98. The maximum absolute atomic E-state index is 14.3. The molecule has 1 atom stereocenters. The first kappa shape index (κ1) is 21.7. The summed E-state index contributed by atoms with van der Waals surface area (Å²) < 4.78 is 28.8. The quantitative estimate of drug-likeness (QED) is 0.492. The van der Waals surface area contributed by atoms with E-state index in [0.717, 1.165) is 46.0 Å². The smallest absolute Gasteiger partial charge is 0.317 e. The van der Waals surface area contributed by atoms with E-state index in [-0.39, 0.29) is 17.6 Å². The molecule has 31 heavy (non-hydrogen) atoms. The fourth-order valence-corrected chi connectivity index (χ4v) is 5.19. The van der Waals surface area contributed by atoms with Gasteiger partial charge in [0, 0.05) is 18.7 Å². The molecular weight excluding hydrogens is 438 g/mol. The van der Waals surface area contributed by atoms with Gasteiger partial charge in [-0.15, -0.1) is 0 Å². The number of hydrogen-bond donors (Lipinski definition) is 1. The first-order valence-electron chi connectivity index (χ1n) is 9.86. The molecule has 3 aromatic rings. The van der Waals surface area contributed by atoms with Gasteiger partial charge in [-0.3, -0.25) is 10.0 Å². The van der Waals surface area contributed by atoms with Crippen LogP contribution < -0.4 is 10.0 Å². The molecule has 0 aliphatic carbocycles. The van der Waals surface area contributed by atoms with E-state index in [0.29, 0.717) is 23.8 Å². The van der Waals surface area contributed by atoms with Crippen LogP contribution in [0.1, 0.15) is 30.6 Å². The number of thiazole rings is 1. The van der Waals surface area contributed by atoms with Crippen LogP contribution in [0, 0.1) is 18.6 Å². The lowest BCUT2D eigenvalue weighted by molar-refractivity contribution is 0.175. The Morgan fingerprint density at radius 2 is 2.00 bits per heavy atom. The molecule has 1 saturated heterocycles. The maximum Gasteiger partial charge on any atom is 0.326 e. The Balaban J connectivity index is 1.61. The van der Waals surface area contributed by atoms with Gasteiger partial charge in [0.25, 0.3) is 0 Å². The molecule has 2 N–H and O–H groups in total. The van der Waals surface area contributed by atoms with Crippen molar-refractivity contribution in [3.63, 3.8) is 0 Å². The highest BCUT2D eigenvalue weighted by molar-refractivity contribution is 7.99. The van der Waals surface area contributed by atoms with E-state index in [1.165, 1.54) is 17.4 Å². The Kier molecular flexibility index (Phi) is 6.27. The molecule has 1 aliphatic heterocycles. The molecule has 5 nitrogen and oxygen atoms in total. The van der Waals surface area contributed by atoms with Crippen molar-refractivity contribution in [3.8, 4) is 11.1 Å². The second kappa shape index (κ2) is 8.94. The Hall–Kier alpha value is -2.49. The average Bonchev–Trinajstić information content (AvgIpc) is 3.15. The number of hydrogen-bond acceptors (Lipinski definition) is 5. The predicted octanol–water partition coefficient (Wildman–Crippen LogP) is 5.76. The second-order valence-electron chi connectivity index (χ2n) is 7.39. The Labute approximate surface area is 188 Å². The number of anilines is 1. The summed E-state index contributed by atoms with van der Waals surface area (Å²) in [5.74, 6) is -0.982. The van der Waals surface area contributed by atoms with Crippen LogP contribution in [-0.2, 0) is 0 Å². The minimum Gasteiger partial charge on any atom is -0.317 e. The second-order valence-corrected chi connectivity index (χ2v) is 9.27. The summed E-state index contributed by atoms with van der Waals surface area (Å²) in [4.78, 5) is 21.3. The van der Waals surface area contributed by atoms with Crippen LogP contribution in [0.15, 0.2) is 46.7 Å². The third-order valence-corrected chi connectivity index (χ3v) is 7.44. The van der Waals surface area contributed by atoms with Crippen molar-refractivity contribution in [2.24, 2.45) is 5.14 Å². The molecule has 1 aromatic heterocycles. The summed E-state index contributed by atoms with van der Waals surface area (Å²) in [7, 11) is 0. The summed E-state index contributed by atoms with van der Waals surface area (Å²) in [6.45, 7) is 5.02. The number of nitrogens with two attached hydrogens (primary N) is 1. The summed E-state index contributed by atoms with van der Waals surface area (Å²) in [6, 6.07) is 10.3. The van der Waals surface area contributed by atoms with Gasteiger partial charge < -0.3 is 4.90 Å². The van der Waals surface area contributed by atoms with E-state index < -0.39 is 11.6 Å². The zero-order valence-corrected chi connectivity index (χ0v) is 18.8. The van der Waals surface area contributed by atoms with E-state index in [1.807, 2.05) is 26.0 Å². The van der Waals surface area contributed by atoms with E-state index in [2.05, 4.69) is 4.98 Å². The van der Waals surface area contributed by atoms with Crippen molar-refractivity contribution in [3.05, 3.63) is 65.4 Å². The first-order valence-corrected chi connectivity index (χ1v) is 11.6. The number of halogens is 2. The SMILES string of the molecule is Cc1nc(N2CCCN(C(C)c3cccc(-c4cc(F)ccc4F)c3)C2=O)sc1SN. The highest BCUT2D eigenvalue weighted by atomic mass is 32.2. The van der Waals surface area contributed by atoms with Crippen LogP contribution in [0.25, 0.3) is 11.1 Å². The van der Waals surface area contributed by atoms with Crippen molar-refractivity contribution in [2.45, 2.75) is 30.5 Å². The number of rotatable bonds is 5. The van der Waals surface area contributed by atoms with Crippen LogP contribution >= 0.6 is 23.3 Å². The number of nitrogens with zero attached hydrogens (tertiary/aromatic N) is 3. The molecule has 9 heteroatoms. The van der Waals surface area contributed by atoms with Crippen LogP contribution in [0.5, 0.6) is 0 Å². The molecule has 0 saturated carbocycles. The highest BCUT2D eigenvalue weighted by Gasteiger charge is 2.32. The number of carbonyl (C=O) groups is 1. The molecule has 2 heterocycles. The van der Waals surface area contributed by atoms with Crippen molar-refractivity contribution in [1.29, 1.82) is 0 Å². The minimum atomic E-state index is -0.495. The normalized spacial score (nSPS) is 15.5. The van der Waals surface area contributed by atoms with Crippen molar-refractivity contribution < 1.29 is 13.6 Å². The van der Waals surface area contributed by atoms with Crippen molar-refractivity contribution in [1.82, 2.24) is 9.88 Å². The van der Waals surface area contributed by atoms with Crippen LogP contribution in [0.2, 0.25) is 0 Å². The highest BCUT2D eigenvalue weighted by Crippen LogP contribution is 2.35. The number of aryl methyl sites for hydroxylation is 1. The lowest BCUT2D eigenvalue weighted by Crippen LogP contribution is -2.50. The van der Waals surface area contributed by atoms with E-state index in [1.54, 1.807) is 21.9 Å². The van der Waals surface area contributed by atoms with E-state index in [4.69, 9.17) is 5.14 Å². The van der Waals surface area contributed by atoms with Crippen molar-refractivity contribution in [2.75, 3.05) is 18.0 Å². The van der Waals surface area contributed by atoms with Crippen molar-refractivity contribution >= 4 is 34.4 Å². The summed E-state index contributed by atoms with van der Waals surface area (Å²) in [5.41, 5.74) is 2.44. The van der Waals surface area contributed by atoms with Gasteiger partial charge in [-0.05, 0) is 67.6 Å². The zero-order chi connectivity index (χ0) is 22.1. The number of amides is 2. The third-order valence-electron chi connectivity index (χ3n) is 5.41. The fourth-order valence-electron chi connectivity index (χ4n) is 3.74. The van der Waals surface area contributed by atoms with Gasteiger partial charge in [0.05, 0.1) is 15.9 Å². The molecule has 162 valence electrons. The Morgan fingerprint density at radius 3 is 2.74 bits per heavy atom. The molecule has 0 radical (unpaired) electrons. The number of benzene rings is 2. The average molecular weight is 461 g/mol. The number of carbonyl (C=O) groups excluding carboxylic acids is 1. The summed E-state index contributed by atoms with van der Waals surface area (Å²) in [5, 5.41) is 6.33. The molecular formula is C22H22F2N4OS2. The molecule has 0 spiro atoms. The van der Waals surface area contributed by atoms with E-state index in [9.17, 15) is 13.6 Å². The van der Waals surface area contributed by atoms with Gasteiger partial charge >= 0.3 is 6.03 Å².